The van der Waals surface area contributed by atoms with Crippen LogP contribution < -0.4 is 15.2 Å². The molecule has 2 bridgehead atoms. The molecule has 0 spiro atoms. The summed E-state index contributed by atoms with van der Waals surface area (Å²) in [6.45, 7) is 4.36. The number of piperazine rings is 1. The van der Waals surface area contributed by atoms with Crippen molar-refractivity contribution in [2.24, 2.45) is 15.5 Å². The highest BCUT2D eigenvalue weighted by Gasteiger charge is 2.72. The van der Waals surface area contributed by atoms with Crippen molar-refractivity contribution >= 4 is 39.4 Å². The lowest BCUT2D eigenvalue weighted by molar-refractivity contribution is -0.194. The van der Waals surface area contributed by atoms with Crippen molar-refractivity contribution in [1.29, 1.82) is 0 Å². The number of benzene rings is 1. The number of aromatic nitrogens is 1. The highest BCUT2D eigenvalue weighted by molar-refractivity contribution is 7.87. The number of carboxylic acid groups (broad SMARTS) is 1. The smallest absolute Gasteiger partial charge is 0.335 e. The van der Waals surface area contributed by atoms with Crippen molar-refractivity contribution in [3.8, 4) is 0 Å². The number of hydrogen-bond donors (Lipinski definition) is 4. The van der Waals surface area contributed by atoms with E-state index in [1.807, 2.05) is 15.2 Å². The molecule has 6 aliphatic rings. The fourth-order valence-corrected chi connectivity index (χ4v) is 8.86. The van der Waals surface area contributed by atoms with Crippen molar-refractivity contribution < 1.29 is 27.5 Å². The fraction of sp³-hybridized carbons (Fsp3) is 0.500. The minimum atomic E-state index is -3.76. The number of fused-ring (bicyclic) bond motifs is 1. The Morgan fingerprint density at radius 2 is 2.05 bits per heavy atom. The Balaban J connectivity index is 1.10. The second-order valence-electron chi connectivity index (χ2n) is 12.6. The Morgan fingerprint density at radius 3 is 2.73 bits per heavy atom. The minimum absolute atomic E-state index is 0.00317. The lowest BCUT2D eigenvalue weighted by Gasteiger charge is -2.73. The zero-order valence-electron chi connectivity index (χ0n) is 24.0. The average Bonchev–Trinajstić information content (AvgIpc) is 3.56. The summed E-state index contributed by atoms with van der Waals surface area (Å²) in [5.74, 6) is -1.14. The van der Waals surface area contributed by atoms with E-state index in [2.05, 4.69) is 19.9 Å². The number of rotatable bonds is 9. The molecule has 2 amide bonds. The second kappa shape index (κ2) is 10.3. The van der Waals surface area contributed by atoms with Gasteiger partial charge in [0.2, 0.25) is 0 Å². The predicted octanol–water partition coefficient (Wildman–Crippen LogP) is 1.16. The molecule has 1 aromatic carbocycles. The van der Waals surface area contributed by atoms with E-state index in [1.165, 1.54) is 17.4 Å². The number of urea groups is 1. The molecule has 234 valence electrons. The van der Waals surface area contributed by atoms with Gasteiger partial charge in [-0.05, 0) is 48.8 Å². The minimum Gasteiger partial charge on any atom is -0.478 e. The molecule has 44 heavy (non-hydrogen) atoms. The van der Waals surface area contributed by atoms with Crippen LogP contribution in [0.15, 0.2) is 46.0 Å². The van der Waals surface area contributed by atoms with Gasteiger partial charge in [0.1, 0.15) is 11.9 Å². The molecular weight excluding hydrogens is 611 g/mol. The molecule has 0 radical (unpaired) electrons. The number of nitrogens with one attached hydrogen (secondary N) is 2. The van der Waals surface area contributed by atoms with Crippen LogP contribution in [0.4, 0.5) is 9.18 Å². The van der Waals surface area contributed by atoms with Gasteiger partial charge in [-0.1, -0.05) is 12.1 Å². The van der Waals surface area contributed by atoms with Crippen LogP contribution in [0, 0.1) is 18.2 Å². The number of thiazole rings is 1. The average molecular weight is 645 g/mol. The van der Waals surface area contributed by atoms with Crippen LogP contribution in [0.3, 0.4) is 0 Å². The Labute approximate surface area is 257 Å². The van der Waals surface area contributed by atoms with Gasteiger partial charge in [0.05, 0.1) is 11.6 Å². The van der Waals surface area contributed by atoms with Gasteiger partial charge in [-0.25, -0.2) is 28.8 Å². The number of carboxylic acids is 1. The maximum absolute atomic E-state index is 14.6. The van der Waals surface area contributed by atoms with E-state index in [9.17, 15) is 27.5 Å². The van der Waals surface area contributed by atoms with Crippen molar-refractivity contribution in [3.05, 3.63) is 63.0 Å². The molecule has 4 heterocycles. The molecule has 2 atom stereocenters. The van der Waals surface area contributed by atoms with Crippen LogP contribution in [0.1, 0.15) is 41.4 Å². The van der Waals surface area contributed by atoms with Crippen LogP contribution >= 0.6 is 11.3 Å². The molecule has 13 nitrogen and oxygen atoms in total. The molecular formula is C28H33FN8O5S2. The number of aliphatic imine (C=N–C) groups is 1. The first-order chi connectivity index (χ1) is 20.9. The van der Waals surface area contributed by atoms with Gasteiger partial charge in [0.15, 0.2) is 10.8 Å². The summed E-state index contributed by atoms with van der Waals surface area (Å²) < 4.78 is 39.7. The Bertz CT molecular complexity index is 1690. The van der Waals surface area contributed by atoms with E-state index in [-0.39, 0.29) is 41.7 Å². The maximum Gasteiger partial charge on any atom is 0.335 e. The van der Waals surface area contributed by atoms with Crippen molar-refractivity contribution in [2.45, 2.75) is 43.8 Å². The molecule has 5 fully saturated rings. The molecule has 2 aromatic rings. The van der Waals surface area contributed by atoms with Gasteiger partial charge < -0.3 is 20.2 Å². The summed E-state index contributed by atoms with van der Waals surface area (Å²) in [6.07, 6.45) is 3.89. The third-order valence-corrected chi connectivity index (χ3v) is 11.1. The van der Waals surface area contributed by atoms with Crippen molar-refractivity contribution in [2.75, 3.05) is 39.3 Å². The van der Waals surface area contributed by atoms with E-state index in [4.69, 9.17) is 10.1 Å². The van der Waals surface area contributed by atoms with Crippen LogP contribution in [0.2, 0.25) is 0 Å². The molecule has 3 aliphatic heterocycles. The van der Waals surface area contributed by atoms with E-state index in [0.29, 0.717) is 53.8 Å². The first-order valence-electron chi connectivity index (χ1n) is 14.4. The molecule has 8 rings (SSSR count). The van der Waals surface area contributed by atoms with Gasteiger partial charge in [-0.3, -0.25) is 9.89 Å². The van der Waals surface area contributed by atoms with Gasteiger partial charge in [0.25, 0.3) is 10.2 Å². The molecule has 2 unspecified atom stereocenters. The zero-order valence-corrected chi connectivity index (χ0v) is 25.6. The number of aliphatic carboxylic acids is 1. The van der Waals surface area contributed by atoms with Crippen LogP contribution in [0.5, 0.6) is 0 Å². The first kappa shape index (κ1) is 29.3. The SMILES string of the molecule is Cc1c(F)cccc1C1N=C(c2nccs2)NC(CN2CCN3C(=O)N(C45CC(CNS(N)(=O)=O)(C4)C5)CC3C2)=C1C(=O)O. The number of amides is 2. The summed E-state index contributed by atoms with van der Waals surface area (Å²) in [6, 6.07) is 3.62. The lowest BCUT2D eigenvalue weighted by Crippen LogP contribution is -2.77. The third kappa shape index (κ3) is 4.88. The number of halogens is 1. The van der Waals surface area contributed by atoms with Gasteiger partial charge in [-0.15, -0.1) is 11.3 Å². The normalized spacial score (nSPS) is 30.0. The highest BCUT2D eigenvalue weighted by atomic mass is 32.2. The van der Waals surface area contributed by atoms with Crippen molar-refractivity contribution in [3.63, 3.8) is 0 Å². The summed E-state index contributed by atoms with van der Waals surface area (Å²) in [4.78, 5) is 41.3. The predicted molar refractivity (Wildman–Crippen MR) is 159 cm³/mol. The Kier molecular flexibility index (Phi) is 6.86. The van der Waals surface area contributed by atoms with Crippen LogP contribution in [-0.2, 0) is 15.0 Å². The largest absolute Gasteiger partial charge is 0.478 e. The number of carbonyl (C=O) groups is 2. The Hall–Kier alpha value is -3.44. The molecule has 3 aliphatic carbocycles. The third-order valence-electron chi connectivity index (χ3n) is 9.75. The maximum atomic E-state index is 14.6. The number of carbonyl (C=O) groups excluding carboxylic acids is 1. The van der Waals surface area contributed by atoms with Gasteiger partial charge in [0, 0.05) is 62.1 Å². The number of nitrogens with two attached hydrogens (primary N) is 1. The summed E-state index contributed by atoms with van der Waals surface area (Å²) >= 11 is 1.37. The summed E-state index contributed by atoms with van der Waals surface area (Å²) in [5, 5.41) is 21.1. The fourth-order valence-electron chi connectivity index (χ4n) is 7.77. The van der Waals surface area contributed by atoms with Crippen molar-refractivity contribution in [1.82, 2.24) is 29.7 Å². The van der Waals surface area contributed by atoms with E-state index in [1.54, 1.807) is 25.3 Å². The van der Waals surface area contributed by atoms with E-state index < -0.39 is 28.0 Å². The number of amidine groups is 1. The van der Waals surface area contributed by atoms with Gasteiger partial charge >= 0.3 is 12.0 Å². The number of hydrogen-bond acceptors (Lipinski definition) is 9. The second-order valence-corrected chi connectivity index (χ2v) is 14.9. The lowest BCUT2D eigenvalue weighted by atomic mass is 9.39. The van der Waals surface area contributed by atoms with E-state index >= 15 is 0 Å². The number of nitrogens with zero attached hydrogens (tertiary/aromatic N) is 5. The summed E-state index contributed by atoms with van der Waals surface area (Å²) in [5.41, 5.74) is 0.962. The molecule has 16 heteroatoms. The topological polar surface area (TPSA) is 174 Å². The highest BCUT2D eigenvalue weighted by Crippen LogP contribution is 2.70. The zero-order chi connectivity index (χ0) is 31.0. The monoisotopic (exact) mass is 644 g/mol. The molecule has 1 aromatic heterocycles. The standard InChI is InChI=1S/C28H33FN8O5S2/c1-16-18(3-2-4-19(16)29)22-21(25(38)39)20(33-23(34-22)24-31-5-8-43-24)11-35-6-7-36-17(9-35)10-37(26(36)40)28-12-27(13-28,14-28)15-32-44(30,41)42/h2-5,8,17,22,32H,6-7,9-15H2,1H3,(H,33,34)(H,38,39)(H2,30,41,42). The quantitative estimate of drug-likeness (QED) is 0.315. The summed E-state index contributed by atoms with van der Waals surface area (Å²) in [7, 11) is -3.76. The molecule has 3 saturated carbocycles. The molecule has 2 saturated heterocycles. The molecule has 5 N–H and O–H groups in total. The van der Waals surface area contributed by atoms with E-state index in [0.717, 1.165) is 19.3 Å². The van der Waals surface area contributed by atoms with Gasteiger partial charge in [-0.2, -0.15) is 8.42 Å². The Morgan fingerprint density at radius 1 is 1.27 bits per heavy atom. The van der Waals surface area contributed by atoms with Crippen LogP contribution in [-0.4, -0.2) is 102 Å². The van der Waals surface area contributed by atoms with Crippen LogP contribution in [0.25, 0.3) is 0 Å². The first-order valence-corrected chi connectivity index (χ1v) is 16.8.